The van der Waals surface area contributed by atoms with E-state index in [0.29, 0.717) is 12.6 Å². The van der Waals surface area contributed by atoms with Gasteiger partial charge >= 0.3 is 0 Å². The van der Waals surface area contributed by atoms with E-state index >= 15 is 0 Å². The third-order valence-electron chi connectivity index (χ3n) is 3.96. The second kappa shape index (κ2) is 5.41. The Labute approximate surface area is 110 Å². The predicted octanol–water partition coefficient (Wildman–Crippen LogP) is 3.16. The Bertz CT molecular complexity index is 377. The summed E-state index contributed by atoms with van der Waals surface area (Å²) in [5.74, 6) is 0.762. The Hall–Kier alpha value is -0.860. The molecule has 0 aliphatic heterocycles. The smallest absolute Gasteiger partial charge is 0.0992 e. The second-order valence-corrected chi connectivity index (χ2v) is 6.06. The van der Waals surface area contributed by atoms with Crippen molar-refractivity contribution in [3.8, 4) is 0 Å². The summed E-state index contributed by atoms with van der Waals surface area (Å²) in [7, 11) is 0. The molecular formula is C16H25NO. The van der Waals surface area contributed by atoms with Crippen molar-refractivity contribution in [1.29, 1.82) is 0 Å². The van der Waals surface area contributed by atoms with Crippen molar-refractivity contribution in [3.05, 3.63) is 35.4 Å². The van der Waals surface area contributed by atoms with Crippen LogP contribution in [0.1, 0.15) is 57.1 Å². The SMILES string of the molecule is CC(C)NCC(C)(O)c1ccc(C2CCC2)cc1. The van der Waals surface area contributed by atoms with E-state index in [1.54, 1.807) is 0 Å². The molecule has 2 heteroatoms. The number of rotatable bonds is 5. The van der Waals surface area contributed by atoms with E-state index in [1.807, 2.05) is 6.92 Å². The minimum Gasteiger partial charge on any atom is -0.384 e. The lowest BCUT2D eigenvalue weighted by Crippen LogP contribution is -2.38. The van der Waals surface area contributed by atoms with Crippen LogP contribution in [0.15, 0.2) is 24.3 Å². The van der Waals surface area contributed by atoms with Crippen LogP contribution in [0.3, 0.4) is 0 Å². The third kappa shape index (κ3) is 3.12. The highest BCUT2D eigenvalue weighted by molar-refractivity contribution is 5.30. The van der Waals surface area contributed by atoms with E-state index in [1.165, 1.54) is 24.8 Å². The highest BCUT2D eigenvalue weighted by Crippen LogP contribution is 2.36. The summed E-state index contributed by atoms with van der Waals surface area (Å²) >= 11 is 0. The molecule has 1 fully saturated rings. The summed E-state index contributed by atoms with van der Waals surface area (Å²) in [6.07, 6.45) is 4.01. The molecule has 1 aromatic carbocycles. The largest absolute Gasteiger partial charge is 0.384 e. The van der Waals surface area contributed by atoms with Crippen LogP contribution >= 0.6 is 0 Å². The molecule has 2 rings (SSSR count). The number of aliphatic hydroxyl groups is 1. The lowest BCUT2D eigenvalue weighted by Gasteiger charge is -2.28. The lowest BCUT2D eigenvalue weighted by molar-refractivity contribution is 0.0549. The Morgan fingerprint density at radius 1 is 1.28 bits per heavy atom. The average molecular weight is 247 g/mol. The third-order valence-corrected chi connectivity index (χ3v) is 3.96. The molecule has 1 saturated carbocycles. The van der Waals surface area contributed by atoms with Gasteiger partial charge in [-0.2, -0.15) is 0 Å². The lowest BCUT2D eigenvalue weighted by atomic mass is 9.79. The van der Waals surface area contributed by atoms with Gasteiger partial charge in [-0.05, 0) is 36.8 Å². The van der Waals surface area contributed by atoms with E-state index in [0.717, 1.165) is 11.5 Å². The molecule has 1 aliphatic rings. The maximum Gasteiger partial charge on any atom is 0.0992 e. The standard InChI is InChI=1S/C16H25NO/c1-12(2)17-11-16(3,18)15-9-7-14(8-10-15)13-5-4-6-13/h7-10,12-13,17-18H,4-6,11H2,1-3H3. The van der Waals surface area contributed by atoms with Crippen molar-refractivity contribution in [2.45, 2.75) is 57.6 Å². The molecule has 1 aliphatic carbocycles. The molecule has 0 saturated heterocycles. The summed E-state index contributed by atoms with van der Waals surface area (Å²) < 4.78 is 0. The number of hydrogen-bond acceptors (Lipinski definition) is 2. The minimum absolute atomic E-state index is 0.394. The normalized spacial score (nSPS) is 19.6. The van der Waals surface area contributed by atoms with Crippen molar-refractivity contribution in [2.75, 3.05) is 6.54 Å². The molecule has 100 valence electrons. The topological polar surface area (TPSA) is 32.3 Å². The first kappa shape index (κ1) is 13.6. The van der Waals surface area contributed by atoms with Crippen molar-refractivity contribution in [2.24, 2.45) is 0 Å². The van der Waals surface area contributed by atoms with Gasteiger partial charge in [0.25, 0.3) is 0 Å². The Kier molecular flexibility index (Phi) is 4.08. The fraction of sp³-hybridized carbons (Fsp3) is 0.625. The maximum atomic E-state index is 10.5. The molecule has 0 amide bonds. The summed E-state index contributed by atoms with van der Waals surface area (Å²) in [6, 6.07) is 8.92. The van der Waals surface area contributed by atoms with Gasteiger partial charge in [-0.25, -0.2) is 0 Å². The van der Waals surface area contributed by atoms with Gasteiger partial charge in [-0.15, -0.1) is 0 Å². The predicted molar refractivity (Wildman–Crippen MR) is 75.7 cm³/mol. The molecule has 0 bridgehead atoms. The Morgan fingerprint density at radius 2 is 1.89 bits per heavy atom. The van der Waals surface area contributed by atoms with E-state index in [9.17, 15) is 5.11 Å². The van der Waals surface area contributed by atoms with E-state index < -0.39 is 5.60 Å². The Morgan fingerprint density at radius 3 is 2.33 bits per heavy atom. The molecule has 1 atom stereocenters. The van der Waals surface area contributed by atoms with Gasteiger partial charge in [0.05, 0.1) is 5.60 Å². The number of nitrogens with one attached hydrogen (secondary N) is 1. The molecule has 1 unspecified atom stereocenters. The van der Waals surface area contributed by atoms with Gasteiger partial charge in [0.15, 0.2) is 0 Å². The second-order valence-electron chi connectivity index (χ2n) is 6.06. The zero-order valence-corrected chi connectivity index (χ0v) is 11.7. The van der Waals surface area contributed by atoms with Gasteiger partial charge in [0, 0.05) is 12.6 Å². The fourth-order valence-electron chi connectivity index (χ4n) is 2.36. The molecule has 0 aromatic heterocycles. The first-order chi connectivity index (χ1) is 8.49. The monoisotopic (exact) mass is 247 g/mol. The zero-order chi connectivity index (χ0) is 13.2. The molecule has 2 nitrogen and oxygen atoms in total. The van der Waals surface area contributed by atoms with Gasteiger partial charge in [0.1, 0.15) is 0 Å². The molecule has 1 aromatic rings. The first-order valence-corrected chi connectivity index (χ1v) is 7.05. The maximum absolute atomic E-state index is 10.5. The van der Waals surface area contributed by atoms with Gasteiger partial charge in [-0.1, -0.05) is 44.5 Å². The summed E-state index contributed by atoms with van der Waals surface area (Å²) in [4.78, 5) is 0. The van der Waals surface area contributed by atoms with Crippen LogP contribution in [0.25, 0.3) is 0 Å². The molecule has 0 heterocycles. The molecule has 18 heavy (non-hydrogen) atoms. The van der Waals surface area contributed by atoms with Crippen LogP contribution < -0.4 is 5.32 Å². The van der Waals surface area contributed by atoms with Crippen LogP contribution in [0.4, 0.5) is 0 Å². The van der Waals surface area contributed by atoms with Gasteiger partial charge in [-0.3, -0.25) is 0 Å². The number of hydrogen-bond donors (Lipinski definition) is 2. The van der Waals surface area contributed by atoms with E-state index in [4.69, 9.17) is 0 Å². The van der Waals surface area contributed by atoms with Crippen LogP contribution in [0.5, 0.6) is 0 Å². The average Bonchev–Trinajstić information content (AvgIpc) is 2.25. The van der Waals surface area contributed by atoms with Crippen LogP contribution in [-0.2, 0) is 5.60 Å². The van der Waals surface area contributed by atoms with Crippen LogP contribution in [0, 0.1) is 0 Å². The molecule has 0 radical (unpaired) electrons. The van der Waals surface area contributed by atoms with Gasteiger partial charge < -0.3 is 10.4 Å². The fourth-order valence-corrected chi connectivity index (χ4v) is 2.36. The first-order valence-electron chi connectivity index (χ1n) is 7.05. The minimum atomic E-state index is -0.789. The van der Waals surface area contributed by atoms with E-state index in [2.05, 4.69) is 43.4 Å². The zero-order valence-electron chi connectivity index (χ0n) is 11.7. The van der Waals surface area contributed by atoms with Crippen molar-refractivity contribution in [3.63, 3.8) is 0 Å². The van der Waals surface area contributed by atoms with Crippen molar-refractivity contribution < 1.29 is 5.11 Å². The number of benzene rings is 1. The highest BCUT2D eigenvalue weighted by Gasteiger charge is 2.24. The summed E-state index contributed by atoms with van der Waals surface area (Å²) in [6.45, 7) is 6.65. The van der Waals surface area contributed by atoms with Crippen LogP contribution in [-0.4, -0.2) is 17.7 Å². The Balaban J connectivity index is 2.02. The summed E-state index contributed by atoms with van der Waals surface area (Å²) in [5.41, 5.74) is 1.64. The van der Waals surface area contributed by atoms with Crippen molar-refractivity contribution in [1.82, 2.24) is 5.32 Å². The molecular weight excluding hydrogens is 222 g/mol. The quantitative estimate of drug-likeness (QED) is 0.837. The molecule has 0 spiro atoms. The van der Waals surface area contributed by atoms with Crippen molar-refractivity contribution >= 4 is 0 Å². The highest BCUT2D eigenvalue weighted by atomic mass is 16.3. The van der Waals surface area contributed by atoms with E-state index in [-0.39, 0.29) is 0 Å². The summed E-state index contributed by atoms with van der Waals surface area (Å²) in [5, 5.41) is 13.8. The van der Waals surface area contributed by atoms with Crippen LogP contribution in [0.2, 0.25) is 0 Å². The van der Waals surface area contributed by atoms with Gasteiger partial charge in [0.2, 0.25) is 0 Å². The molecule has 2 N–H and O–H groups in total.